The van der Waals surface area contributed by atoms with E-state index in [0.29, 0.717) is 11.7 Å². The summed E-state index contributed by atoms with van der Waals surface area (Å²) in [6, 6.07) is 0. The van der Waals surface area contributed by atoms with Crippen LogP contribution >= 0.6 is 0 Å². The maximum atomic E-state index is 11.5. The van der Waals surface area contributed by atoms with E-state index in [2.05, 4.69) is 6.92 Å². The van der Waals surface area contributed by atoms with Gasteiger partial charge in [-0.1, -0.05) is 13.3 Å². The number of hydrogen-bond donors (Lipinski definition) is 0. The van der Waals surface area contributed by atoms with Gasteiger partial charge < -0.3 is 0 Å². The van der Waals surface area contributed by atoms with Crippen molar-refractivity contribution in [1.29, 1.82) is 0 Å². The van der Waals surface area contributed by atoms with Crippen molar-refractivity contribution < 1.29 is 4.79 Å². The molecule has 0 N–H and O–H groups in total. The molecule has 2 rings (SSSR count). The van der Waals surface area contributed by atoms with E-state index in [0.717, 1.165) is 24.7 Å². The highest BCUT2D eigenvalue weighted by molar-refractivity contribution is 5.82. The van der Waals surface area contributed by atoms with E-state index in [4.69, 9.17) is 0 Å². The number of carbonyl (C=O) groups is 1. The quantitative estimate of drug-likeness (QED) is 0.541. The molecule has 12 heavy (non-hydrogen) atoms. The van der Waals surface area contributed by atoms with Crippen molar-refractivity contribution in [3.8, 4) is 0 Å². The molecule has 1 nitrogen and oxygen atoms in total. The van der Waals surface area contributed by atoms with Crippen molar-refractivity contribution in [3.05, 3.63) is 0 Å². The number of fused-ring (bicyclic) bond motifs is 1. The lowest BCUT2D eigenvalue weighted by Crippen LogP contribution is -2.33. The molecule has 0 aromatic heterocycles. The molecule has 68 valence electrons. The molecule has 0 saturated heterocycles. The average molecular weight is 166 g/mol. The zero-order chi connectivity index (χ0) is 8.55. The summed E-state index contributed by atoms with van der Waals surface area (Å²) in [6.07, 6.45) is 7.14. The normalized spacial score (nSPS) is 42.4. The summed E-state index contributed by atoms with van der Waals surface area (Å²) >= 11 is 0. The summed E-state index contributed by atoms with van der Waals surface area (Å²) in [4.78, 5) is 11.5. The van der Waals surface area contributed by atoms with Crippen molar-refractivity contribution in [3.63, 3.8) is 0 Å². The van der Waals surface area contributed by atoms with Gasteiger partial charge in [-0.25, -0.2) is 0 Å². The van der Waals surface area contributed by atoms with Gasteiger partial charge >= 0.3 is 0 Å². The van der Waals surface area contributed by atoms with Gasteiger partial charge in [0.1, 0.15) is 5.78 Å². The smallest absolute Gasteiger partial charge is 0.136 e. The summed E-state index contributed by atoms with van der Waals surface area (Å²) in [6.45, 7) is 2.33. The molecule has 0 aliphatic heterocycles. The summed E-state index contributed by atoms with van der Waals surface area (Å²) in [5.74, 6) is 2.67. The lowest BCUT2D eigenvalue weighted by molar-refractivity contribution is -0.128. The van der Waals surface area contributed by atoms with Crippen molar-refractivity contribution in [1.82, 2.24) is 0 Å². The van der Waals surface area contributed by atoms with Gasteiger partial charge in [-0.05, 0) is 37.5 Å². The number of hydrogen-bond acceptors (Lipinski definition) is 1. The third kappa shape index (κ3) is 1.41. The first-order valence-electron chi connectivity index (χ1n) is 5.30. The van der Waals surface area contributed by atoms with E-state index in [1.807, 2.05) is 0 Å². The van der Waals surface area contributed by atoms with Gasteiger partial charge in [-0.2, -0.15) is 0 Å². The second-order valence-corrected chi connectivity index (χ2v) is 4.64. The summed E-state index contributed by atoms with van der Waals surface area (Å²) in [7, 11) is 0. The lowest BCUT2D eigenvalue weighted by Gasteiger charge is -2.37. The third-order valence-electron chi connectivity index (χ3n) is 3.66. The predicted molar refractivity (Wildman–Crippen MR) is 48.9 cm³/mol. The van der Waals surface area contributed by atoms with E-state index in [1.54, 1.807) is 0 Å². The Kier molecular flexibility index (Phi) is 2.20. The second-order valence-electron chi connectivity index (χ2n) is 4.64. The Morgan fingerprint density at radius 1 is 1.25 bits per heavy atom. The molecular formula is C11H18O. The maximum absolute atomic E-state index is 11.5. The molecule has 0 amide bonds. The highest BCUT2D eigenvalue weighted by Crippen LogP contribution is 2.40. The number of Topliss-reactive ketones (excluding diaryl/α,β-unsaturated/α-hetero) is 1. The standard InChI is InChI=1S/C11H18O/c1-8-5-6-10-9(7-8)3-2-4-11(10)12/h8-10H,2-7H2,1H3/t8-,9-,10-/m1/s1. The molecule has 0 aromatic rings. The van der Waals surface area contributed by atoms with Crippen LogP contribution in [-0.4, -0.2) is 5.78 Å². The number of carbonyl (C=O) groups excluding carboxylic acids is 1. The van der Waals surface area contributed by atoms with Crippen molar-refractivity contribution in [2.24, 2.45) is 17.8 Å². The minimum atomic E-state index is 0.468. The zero-order valence-corrected chi connectivity index (χ0v) is 7.88. The number of ketones is 1. The van der Waals surface area contributed by atoms with Crippen LogP contribution in [0.25, 0.3) is 0 Å². The first-order valence-corrected chi connectivity index (χ1v) is 5.30. The van der Waals surface area contributed by atoms with Crippen LogP contribution in [0.1, 0.15) is 45.4 Å². The van der Waals surface area contributed by atoms with Gasteiger partial charge in [0, 0.05) is 12.3 Å². The second kappa shape index (κ2) is 3.20. The fourth-order valence-corrected chi connectivity index (χ4v) is 2.97. The summed E-state index contributed by atoms with van der Waals surface area (Å²) in [5.41, 5.74) is 0. The minimum absolute atomic E-state index is 0.468. The van der Waals surface area contributed by atoms with Crippen LogP contribution in [0.5, 0.6) is 0 Å². The van der Waals surface area contributed by atoms with Gasteiger partial charge in [0.2, 0.25) is 0 Å². The van der Waals surface area contributed by atoms with Crippen molar-refractivity contribution in [2.45, 2.75) is 45.4 Å². The zero-order valence-electron chi connectivity index (χ0n) is 7.88. The van der Waals surface area contributed by atoms with E-state index >= 15 is 0 Å². The van der Waals surface area contributed by atoms with Crippen LogP contribution in [-0.2, 0) is 4.79 Å². The Bertz CT molecular complexity index is 185. The van der Waals surface area contributed by atoms with Crippen LogP contribution in [0, 0.1) is 17.8 Å². The highest BCUT2D eigenvalue weighted by atomic mass is 16.1. The van der Waals surface area contributed by atoms with Crippen LogP contribution in [0.15, 0.2) is 0 Å². The molecule has 0 bridgehead atoms. The van der Waals surface area contributed by atoms with Crippen molar-refractivity contribution in [2.75, 3.05) is 0 Å². The molecule has 0 spiro atoms. The Labute approximate surface area is 74.5 Å². The number of rotatable bonds is 0. The average Bonchev–Trinajstić information content (AvgIpc) is 2.04. The van der Waals surface area contributed by atoms with Gasteiger partial charge in [-0.3, -0.25) is 4.79 Å². The van der Waals surface area contributed by atoms with E-state index in [-0.39, 0.29) is 0 Å². The largest absolute Gasteiger partial charge is 0.299 e. The first-order chi connectivity index (χ1) is 5.77. The molecule has 3 atom stereocenters. The fourth-order valence-electron chi connectivity index (χ4n) is 2.97. The molecule has 0 heterocycles. The van der Waals surface area contributed by atoms with Crippen LogP contribution in [0.2, 0.25) is 0 Å². The van der Waals surface area contributed by atoms with Crippen molar-refractivity contribution >= 4 is 5.78 Å². The molecular weight excluding hydrogens is 148 g/mol. The van der Waals surface area contributed by atoms with Crippen LogP contribution < -0.4 is 0 Å². The Hall–Kier alpha value is -0.330. The molecule has 2 saturated carbocycles. The molecule has 2 aliphatic rings. The topological polar surface area (TPSA) is 17.1 Å². The molecule has 2 aliphatic carbocycles. The summed E-state index contributed by atoms with van der Waals surface area (Å²) in [5, 5.41) is 0. The molecule has 0 aromatic carbocycles. The SMILES string of the molecule is C[C@@H]1CC[C@H]2C(=O)CCC[C@@H]2C1. The monoisotopic (exact) mass is 166 g/mol. The molecule has 1 heteroatoms. The minimum Gasteiger partial charge on any atom is -0.299 e. The Balaban J connectivity index is 2.04. The van der Waals surface area contributed by atoms with Gasteiger partial charge in [-0.15, -0.1) is 0 Å². The molecule has 2 fully saturated rings. The van der Waals surface area contributed by atoms with Gasteiger partial charge in [0.05, 0.1) is 0 Å². The van der Waals surface area contributed by atoms with Crippen LogP contribution in [0.3, 0.4) is 0 Å². The van der Waals surface area contributed by atoms with E-state index in [1.165, 1.54) is 25.7 Å². The van der Waals surface area contributed by atoms with Gasteiger partial charge in [0.15, 0.2) is 0 Å². The predicted octanol–water partition coefficient (Wildman–Crippen LogP) is 2.79. The third-order valence-corrected chi connectivity index (χ3v) is 3.66. The van der Waals surface area contributed by atoms with Crippen LogP contribution in [0.4, 0.5) is 0 Å². The Morgan fingerprint density at radius 2 is 2.08 bits per heavy atom. The highest BCUT2D eigenvalue weighted by Gasteiger charge is 2.35. The maximum Gasteiger partial charge on any atom is 0.136 e. The van der Waals surface area contributed by atoms with Gasteiger partial charge in [0.25, 0.3) is 0 Å². The van der Waals surface area contributed by atoms with E-state index < -0.39 is 0 Å². The Morgan fingerprint density at radius 3 is 2.92 bits per heavy atom. The molecule has 0 radical (unpaired) electrons. The molecule has 0 unspecified atom stereocenters. The summed E-state index contributed by atoms with van der Waals surface area (Å²) < 4.78 is 0. The lowest BCUT2D eigenvalue weighted by atomic mass is 9.67. The first kappa shape index (κ1) is 8.28. The fraction of sp³-hybridized carbons (Fsp3) is 0.909. The van der Waals surface area contributed by atoms with E-state index in [9.17, 15) is 4.79 Å².